The van der Waals surface area contributed by atoms with Crippen LogP contribution < -0.4 is 0 Å². The van der Waals surface area contributed by atoms with Gasteiger partial charge in [0.05, 0.1) is 5.69 Å². The van der Waals surface area contributed by atoms with E-state index >= 15 is 0 Å². The fourth-order valence-electron chi connectivity index (χ4n) is 2.78. The molecule has 1 aliphatic rings. The van der Waals surface area contributed by atoms with Crippen LogP contribution in [0, 0.1) is 5.92 Å². The Morgan fingerprint density at radius 2 is 2.25 bits per heavy atom. The van der Waals surface area contributed by atoms with E-state index in [1.165, 1.54) is 25.9 Å². The van der Waals surface area contributed by atoms with Gasteiger partial charge in [-0.25, -0.2) is 9.97 Å². The highest BCUT2D eigenvalue weighted by Gasteiger charge is 2.16. The van der Waals surface area contributed by atoms with Crippen molar-refractivity contribution in [2.45, 2.75) is 26.3 Å². The molecule has 0 N–H and O–H groups in total. The van der Waals surface area contributed by atoms with Gasteiger partial charge in [-0.1, -0.05) is 6.92 Å². The number of hydrogen-bond acceptors (Lipinski definition) is 4. The third kappa shape index (κ3) is 3.20. The lowest BCUT2D eigenvalue weighted by atomic mass is 10.0. The Balaban J connectivity index is 1.74. The molecule has 0 unspecified atom stereocenters. The summed E-state index contributed by atoms with van der Waals surface area (Å²) in [6.45, 7) is 5.59. The van der Waals surface area contributed by atoms with Crippen molar-refractivity contribution in [3.05, 3.63) is 42.5 Å². The summed E-state index contributed by atoms with van der Waals surface area (Å²) in [5.74, 6) is 1.56. The van der Waals surface area contributed by atoms with Crippen LogP contribution in [0.3, 0.4) is 0 Å². The Labute approximate surface area is 119 Å². The summed E-state index contributed by atoms with van der Waals surface area (Å²) in [6.07, 6.45) is 8.06. The first-order chi connectivity index (χ1) is 9.81. The van der Waals surface area contributed by atoms with Crippen molar-refractivity contribution in [3.63, 3.8) is 0 Å². The van der Waals surface area contributed by atoms with Gasteiger partial charge in [-0.3, -0.25) is 9.88 Å². The number of piperidine rings is 1. The fraction of sp³-hybridized carbons (Fsp3) is 0.438. The fourth-order valence-corrected chi connectivity index (χ4v) is 2.78. The van der Waals surface area contributed by atoms with Gasteiger partial charge in [0.25, 0.3) is 0 Å². The van der Waals surface area contributed by atoms with Crippen molar-refractivity contribution < 1.29 is 0 Å². The van der Waals surface area contributed by atoms with Crippen molar-refractivity contribution in [1.82, 2.24) is 19.9 Å². The molecule has 4 heteroatoms. The highest BCUT2D eigenvalue weighted by Crippen LogP contribution is 2.18. The molecule has 1 atom stereocenters. The van der Waals surface area contributed by atoms with Gasteiger partial charge in [0, 0.05) is 37.2 Å². The van der Waals surface area contributed by atoms with Gasteiger partial charge in [0.1, 0.15) is 0 Å². The first kappa shape index (κ1) is 13.2. The summed E-state index contributed by atoms with van der Waals surface area (Å²) in [5.41, 5.74) is 2.06. The quantitative estimate of drug-likeness (QED) is 0.858. The number of nitrogens with zero attached hydrogens (tertiary/aromatic N) is 4. The van der Waals surface area contributed by atoms with Gasteiger partial charge >= 0.3 is 0 Å². The second-order valence-electron chi connectivity index (χ2n) is 5.60. The third-order valence-corrected chi connectivity index (χ3v) is 3.76. The molecule has 0 aromatic carbocycles. The van der Waals surface area contributed by atoms with Gasteiger partial charge in [-0.05, 0) is 43.5 Å². The molecule has 20 heavy (non-hydrogen) atoms. The number of likely N-dealkylation sites (tertiary alicyclic amines) is 1. The van der Waals surface area contributed by atoms with E-state index in [1.807, 2.05) is 30.6 Å². The summed E-state index contributed by atoms with van der Waals surface area (Å²) < 4.78 is 0. The molecule has 2 aromatic heterocycles. The van der Waals surface area contributed by atoms with Crippen molar-refractivity contribution in [2.75, 3.05) is 13.1 Å². The highest BCUT2D eigenvalue weighted by molar-refractivity contribution is 5.52. The van der Waals surface area contributed by atoms with E-state index in [9.17, 15) is 0 Å². The van der Waals surface area contributed by atoms with Crippen molar-refractivity contribution >= 4 is 0 Å². The van der Waals surface area contributed by atoms with Gasteiger partial charge in [-0.2, -0.15) is 0 Å². The van der Waals surface area contributed by atoms with Gasteiger partial charge in [0.15, 0.2) is 5.82 Å². The molecule has 104 valence electrons. The van der Waals surface area contributed by atoms with Crippen LogP contribution in [0.15, 0.2) is 36.8 Å². The Kier molecular flexibility index (Phi) is 4.02. The summed E-state index contributed by atoms with van der Waals surface area (Å²) in [4.78, 5) is 15.6. The topological polar surface area (TPSA) is 41.9 Å². The second kappa shape index (κ2) is 6.09. The van der Waals surface area contributed by atoms with Crippen LogP contribution in [0.4, 0.5) is 0 Å². The molecule has 3 rings (SSSR count). The minimum Gasteiger partial charge on any atom is -0.297 e. The zero-order valence-electron chi connectivity index (χ0n) is 11.9. The Morgan fingerprint density at radius 1 is 1.30 bits per heavy atom. The average Bonchev–Trinajstić information content (AvgIpc) is 2.48. The third-order valence-electron chi connectivity index (χ3n) is 3.76. The maximum Gasteiger partial charge on any atom is 0.160 e. The van der Waals surface area contributed by atoms with Gasteiger partial charge in [-0.15, -0.1) is 0 Å². The average molecular weight is 268 g/mol. The van der Waals surface area contributed by atoms with Crippen LogP contribution in [0.2, 0.25) is 0 Å². The van der Waals surface area contributed by atoms with E-state index in [-0.39, 0.29) is 0 Å². The standard InChI is InChI=1S/C16H20N4/c1-13-4-3-9-20(11-13)12-15-6-8-18-16(19-15)14-5-2-7-17-10-14/h2,5-8,10,13H,3-4,9,11-12H2,1H3/t13-/m1/s1. The van der Waals surface area contributed by atoms with Crippen molar-refractivity contribution in [3.8, 4) is 11.4 Å². The molecule has 4 nitrogen and oxygen atoms in total. The van der Waals surface area contributed by atoms with Crippen LogP contribution >= 0.6 is 0 Å². The SMILES string of the molecule is C[C@@H]1CCCN(Cc2ccnc(-c3cccnc3)n2)C1. The summed E-state index contributed by atoms with van der Waals surface area (Å²) in [5, 5.41) is 0. The summed E-state index contributed by atoms with van der Waals surface area (Å²) in [6, 6.07) is 5.92. The number of pyridine rings is 1. The van der Waals surface area contributed by atoms with Crippen molar-refractivity contribution in [2.24, 2.45) is 5.92 Å². The Morgan fingerprint density at radius 3 is 3.05 bits per heavy atom. The Hall–Kier alpha value is -1.81. The van der Waals surface area contributed by atoms with Crippen LogP contribution in [0.25, 0.3) is 11.4 Å². The number of hydrogen-bond donors (Lipinski definition) is 0. The summed E-state index contributed by atoms with van der Waals surface area (Å²) >= 11 is 0. The first-order valence-electron chi connectivity index (χ1n) is 7.26. The predicted octanol–water partition coefficient (Wildman–Crippen LogP) is 2.77. The van der Waals surface area contributed by atoms with E-state index in [2.05, 4.69) is 26.8 Å². The maximum absolute atomic E-state index is 4.67. The van der Waals surface area contributed by atoms with E-state index in [4.69, 9.17) is 0 Å². The lowest BCUT2D eigenvalue weighted by molar-refractivity contribution is 0.175. The molecule has 1 aliphatic heterocycles. The van der Waals surface area contributed by atoms with Crippen LogP contribution in [-0.2, 0) is 6.54 Å². The monoisotopic (exact) mass is 268 g/mol. The molecule has 0 spiro atoms. The smallest absolute Gasteiger partial charge is 0.160 e. The van der Waals surface area contributed by atoms with Gasteiger partial charge in [0.2, 0.25) is 0 Å². The lowest BCUT2D eigenvalue weighted by Gasteiger charge is -2.30. The zero-order chi connectivity index (χ0) is 13.8. The minimum atomic E-state index is 0.764. The molecule has 1 saturated heterocycles. The molecule has 0 radical (unpaired) electrons. The lowest BCUT2D eigenvalue weighted by Crippen LogP contribution is -2.34. The second-order valence-corrected chi connectivity index (χ2v) is 5.60. The minimum absolute atomic E-state index is 0.764. The summed E-state index contributed by atoms with van der Waals surface area (Å²) in [7, 11) is 0. The molecular formula is C16H20N4. The van der Waals surface area contributed by atoms with E-state index < -0.39 is 0 Å². The van der Waals surface area contributed by atoms with E-state index in [0.29, 0.717) is 0 Å². The molecule has 0 aliphatic carbocycles. The van der Waals surface area contributed by atoms with Crippen LogP contribution in [0.1, 0.15) is 25.5 Å². The van der Waals surface area contributed by atoms with Crippen LogP contribution in [-0.4, -0.2) is 32.9 Å². The molecule has 3 heterocycles. The van der Waals surface area contributed by atoms with Crippen molar-refractivity contribution in [1.29, 1.82) is 0 Å². The molecular weight excluding hydrogens is 248 g/mol. The molecule has 0 saturated carbocycles. The molecule has 1 fully saturated rings. The maximum atomic E-state index is 4.67. The van der Waals surface area contributed by atoms with Crippen LogP contribution in [0.5, 0.6) is 0 Å². The molecule has 2 aromatic rings. The number of aromatic nitrogens is 3. The zero-order valence-corrected chi connectivity index (χ0v) is 11.9. The Bertz CT molecular complexity index is 555. The predicted molar refractivity (Wildman–Crippen MR) is 78.9 cm³/mol. The van der Waals surface area contributed by atoms with E-state index in [0.717, 1.165) is 29.5 Å². The largest absolute Gasteiger partial charge is 0.297 e. The molecule has 0 amide bonds. The highest BCUT2D eigenvalue weighted by atomic mass is 15.1. The normalized spacial score (nSPS) is 19.9. The molecule has 0 bridgehead atoms. The van der Waals surface area contributed by atoms with E-state index in [1.54, 1.807) is 6.20 Å². The van der Waals surface area contributed by atoms with Gasteiger partial charge < -0.3 is 0 Å². The first-order valence-corrected chi connectivity index (χ1v) is 7.26. The number of rotatable bonds is 3.